The first-order valence-electron chi connectivity index (χ1n) is 7.59. The number of amides is 1. The topological polar surface area (TPSA) is 38.3 Å². The molecule has 0 saturated heterocycles. The van der Waals surface area contributed by atoms with E-state index in [0.717, 1.165) is 35.8 Å². The minimum atomic E-state index is 0.170. The number of rotatable bonds is 4. The highest BCUT2D eigenvalue weighted by Gasteiger charge is 2.25. The Bertz CT molecular complexity index is 462. The standard InChI is InChI=1S/C17H25NO2/c1-4-13-5-7-14(8-6-13)17(19)18-15-9-10-16(20-3)12(2)11-15/h9-11,13-14H,4-8H2,1-3H3,(H,18,19). The quantitative estimate of drug-likeness (QED) is 0.896. The number of hydrogen-bond acceptors (Lipinski definition) is 2. The van der Waals surface area contributed by atoms with Gasteiger partial charge in [-0.1, -0.05) is 13.3 Å². The highest BCUT2D eigenvalue weighted by atomic mass is 16.5. The predicted octanol–water partition coefficient (Wildman–Crippen LogP) is 4.16. The number of hydrogen-bond donors (Lipinski definition) is 1. The zero-order chi connectivity index (χ0) is 14.5. The Hall–Kier alpha value is -1.51. The molecule has 0 aromatic heterocycles. The van der Waals surface area contributed by atoms with Crippen molar-refractivity contribution in [2.24, 2.45) is 11.8 Å². The molecule has 1 aliphatic rings. The van der Waals surface area contributed by atoms with Crippen molar-refractivity contribution in [3.8, 4) is 5.75 Å². The van der Waals surface area contributed by atoms with Gasteiger partial charge in [-0.3, -0.25) is 4.79 Å². The van der Waals surface area contributed by atoms with Gasteiger partial charge in [0.15, 0.2) is 0 Å². The number of anilines is 1. The average molecular weight is 275 g/mol. The molecule has 0 atom stereocenters. The van der Waals surface area contributed by atoms with Crippen molar-refractivity contribution < 1.29 is 9.53 Å². The maximum atomic E-state index is 12.3. The van der Waals surface area contributed by atoms with Gasteiger partial charge in [0.2, 0.25) is 5.91 Å². The van der Waals surface area contributed by atoms with Crippen molar-refractivity contribution in [1.82, 2.24) is 0 Å². The van der Waals surface area contributed by atoms with E-state index in [9.17, 15) is 4.79 Å². The minimum absolute atomic E-state index is 0.170. The Morgan fingerprint density at radius 1 is 1.30 bits per heavy atom. The third-order valence-corrected chi connectivity index (χ3v) is 4.46. The van der Waals surface area contributed by atoms with Gasteiger partial charge < -0.3 is 10.1 Å². The molecule has 0 radical (unpaired) electrons. The summed E-state index contributed by atoms with van der Waals surface area (Å²) in [5.41, 5.74) is 1.91. The molecule has 1 aromatic carbocycles. The average Bonchev–Trinajstić information content (AvgIpc) is 2.47. The maximum absolute atomic E-state index is 12.3. The highest BCUT2D eigenvalue weighted by Crippen LogP contribution is 2.31. The summed E-state index contributed by atoms with van der Waals surface area (Å²) in [7, 11) is 1.66. The highest BCUT2D eigenvalue weighted by molar-refractivity contribution is 5.92. The van der Waals surface area contributed by atoms with Crippen molar-refractivity contribution in [1.29, 1.82) is 0 Å². The number of benzene rings is 1. The normalized spacial score (nSPS) is 22.4. The summed E-state index contributed by atoms with van der Waals surface area (Å²) >= 11 is 0. The smallest absolute Gasteiger partial charge is 0.227 e. The minimum Gasteiger partial charge on any atom is -0.496 e. The van der Waals surface area contributed by atoms with E-state index in [4.69, 9.17) is 4.74 Å². The van der Waals surface area contributed by atoms with Crippen LogP contribution >= 0.6 is 0 Å². The van der Waals surface area contributed by atoms with Crippen LogP contribution in [0.15, 0.2) is 18.2 Å². The van der Waals surface area contributed by atoms with Gasteiger partial charge in [-0.2, -0.15) is 0 Å². The van der Waals surface area contributed by atoms with Crippen LogP contribution in [0.4, 0.5) is 5.69 Å². The van der Waals surface area contributed by atoms with Gasteiger partial charge in [0.25, 0.3) is 0 Å². The lowest BCUT2D eigenvalue weighted by molar-refractivity contribution is -0.121. The van der Waals surface area contributed by atoms with Gasteiger partial charge in [-0.05, 0) is 62.3 Å². The molecule has 0 aliphatic heterocycles. The first-order valence-corrected chi connectivity index (χ1v) is 7.59. The van der Waals surface area contributed by atoms with E-state index in [-0.39, 0.29) is 11.8 Å². The van der Waals surface area contributed by atoms with Gasteiger partial charge in [0.05, 0.1) is 7.11 Å². The molecule has 0 unspecified atom stereocenters. The molecule has 1 aliphatic carbocycles. The van der Waals surface area contributed by atoms with Crippen LogP contribution in [0, 0.1) is 18.8 Å². The van der Waals surface area contributed by atoms with Crippen molar-refractivity contribution in [2.75, 3.05) is 12.4 Å². The van der Waals surface area contributed by atoms with E-state index in [1.165, 1.54) is 19.3 Å². The molecule has 1 aromatic rings. The van der Waals surface area contributed by atoms with Crippen LogP contribution in [0.2, 0.25) is 0 Å². The molecule has 0 spiro atoms. The van der Waals surface area contributed by atoms with Gasteiger partial charge >= 0.3 is 0 Å². The molecule has 1 amide bonds. The maximum Gasteiger partial charge on any atom is 0.227 e. The van der Waals surface area contributed by atoms with Crippen LogP contribution in [0.1, 0.15) is 44.6 Å². The largest absolute Gasteiger partial charge is 0.496 e. The summed E-state index contributed by atoms with van der Waals surface area (Å²) in [6, 6.07) is 5.77. The summed E-state index contributed by atoms with van der Waals surface area (Å²) < 4.78 is 5.23. The zero-order valence-corrected chi connectivity index (χ0v) is 12.7. The molecular formula is C17H25NO2. The Kier molecular flexibility index (Phi) is 5.05. The van der Waals surface area contributed by atoms with E-state index in [2.05, 4.69) is 12.2 Å². The molecule has 1 saturated carbocycles. The van der Waals surface area contributed by atoms with Crippen molar-refractivity contribution in [3.05, 3.63) is 23.8 Å². The first kappa shape index (κ1) is 14.9. The Morgan fingerprint density at radius 3 is 2.55 bits per heavy atom. The molecular weight excluding hydrogens is 250 g/mol. The molecule has 20 heavy (non-hydrogen) atoms. The van der Waals surface area contributed by atoms with Gasteiger partial charge in [-0.15, -0.1) is 0 Å². The summed E-state index contributed by atoms with van der Waals surface area (Å²) in [5.74, 6) is 2.03. The lowest BCUT2D eigenvalue weighted by atomic mass is 9.80. The van der Waals surface area contributed by atoms with E-state index < -0.39 is 0 Å². The third-order valence-electron chi connectivity index (χ3n) is 4.46. The summed E-state index contributed by atoms with van der Waals surface area (Å²) in [4.78, 5) is 12.3. The third kappa shape index (κ3) is 3.53. The Labute approximate surface area is 121 Å². The van der Waals surface area contributed by atoms with Crippen molar-refractivity contribution in [3.63, 3.8) is 0 Å². The van der Waals surface area contributed by atoms with Gasteiger partial charge in [0, 0.05) is 11.6 Å². The van der Waals surface area contributed by atoms with Gasteiger partial charge in [-0.25, -0.2) is 0 Å². The molecule has 0 bridgehead atoms. The second-order valence-electron chi connectivity index (χ2n) is 5.80. The number of aryl methyl sites for hydroxylation is 1. The number of ether oxygens (including phenoxy) is 1. The molecule has 0 heterocycles. The fraction of sp³-hybridized carbons (Fsp3) is 0.588. The fourth-order valence-electron chi connectivity index (χ4n) is 3.03. The van der Waals surface area contributed by atoms with Crippen LogP contribution < -0.4 is 10.1 Å². The number of nitrogens with one attached hydrogen (secondary N) is 1. The Balaban J connectivity index is 1.93. The molecule has 1 fully saturated rings. The monoisotopic (exact) mass is 275 g/mol. The lowest BCUT2D eigenvalue weighted by Gasteiger charge is -2.27. The molecule has 2 rings (SSSR count). The summed E-state index contributed by atoms with van der Waals surface area (Å²) in [6.07, 6.45) is 5.68. The SMILES string of the molecule is CCC1CCC(C(=O)Nc2ccc(OC)c(C)c2)CC1. The summed E-state index contributed by atoms with van der Waals surface area (Å²) in [6.45, 7) is 4.23. The van der Waals surface area contributed by atoms with Crippen LogP contribution in [-0.4, -0.2) is 13.0 Å². The van der Waals surface area contributed by atoms with E-state index in [1.807, 2.05) is 25.1 Å². The predicted molar refractivity (Wildman–Crippen MR) is 82.1 cm³/mol. The zero-order valence-electron chi connectivity index (χ0n) is 12.7. The van der Waals surface area contributed by atoms with E-state index in [0.29, 0.717) is 0 Å². The van der Waals surface area contributed by atoms with Crippen LogP contribution in [0.5, 0.6) is 5.75 Å². The second-order valence-corrected chi connectivity index (χ2v) is 5.80. The molecule has 3 heteroatoms. The van der Waals surface area contributed by atoms with Crippen molar-refractivity contribution >= 4 is 11.6 Å². The first-order chi connectivity index (χ1) is 9.63. The fourth-order valence-corrected chi connectivity index (χ4v) is 3.03. The van der Waals surface area contributed by atoms with Gasteiger partial charge in [0.1, 0.15) is 5.75 Å². The molecule has 1 N–H and O–H groups in total. The van der Waals surface area contributed by atoms with E-state index >= 15 is 0 Å². The Morgan fingerprint density at radius 2 is 2.00 bits per heavy atom. The molecule has 110 valence electrons. The second kappa shape index (κ2) is 6.78. The van der Waals surface area contributed by atoms with Crippen molar-refractivity contribution in [2.45, 2.75) is 46.0 Å². The number of carbonyl (C=O) groups excluding carboxylic acids is 1. The number of methoxy groups -OCH3 is 1. The van der Waals surface area contributed by atoms with Crippen LogP contribution in [0.25, 0.3) is 0 Å². The van der Waals surface area contributed by atoms with Crippen LogP contribution in [0.3, 0.4) is 0 Å². The van der Waals surface area contributed by atoms with E-state index in [1.54, 1.807) is 7.11 Å². The molecule has 3 nitrogen and oxygen atoms in total. The van der Waals surface area contributed by atoms with Crippen LogP contribution in [-0.2, 0) is 4.79 Å². The number of carbonyl (C=O) groups is 1. The summed E-state index contributed by atoms with van der Waals surface area (Å²) in [5, 5.41) is 3.04. The lowest BCUT2D eigenvalue weighted by Crippen LogP contribution is -2.27.